The van der Waals surface area contributed by atoms with Gasteiger partial charge in [0.15, 0.2) is 0 Å². The van der Waals surface area contributed by atoms with Gasteiger partial charge in [0.25, 0.3) is 5.91 Å². The summed E-state index contributed by atoms with van der Waals surface area (Å²) in [6.45, 7) is 7.91. The molecule has 2 rings (SSSR count). The van der Waals surface area contributed by atoms with Crippen LogP contribution in [0.1, 0.15) is 46.1 Å². The zero-order valence-electron chi connectivity index (χ0n) is 15.7. The molecule has 0 radical (unpaired) electrons. The Morgan fingerprint density at radius 1 is 1.19 bits per heavy atom. The lowest BCUT2D eigenvalue weighted by Crippen LogP contribution is -2.47. The first-order valence-corrected chi connectivity index (χ1v) is 9.61. The van der Waals surface area contributed by atoms with Gasteiger partial charge in [-0.2, -0.15) is 0 Å². The largest absolute Gasteiger partial charge is 0.354 e. The van der Waals surface area contributed by atoms with Crippen molar-refractivity contribution in [2.45, 2.75) is 51.5 Å². The van der Waals surface area contributed by atoms with Crippen LogP contribution in [0.25, 0.3) is 0 Å². The lowest BCUT2D eigenvalue weighted by Gasteiger charge is -2.26. The van der Waals surface area contributed by atoms with Gasteiger partial charge in [-0.3, -0.25) is 14.5 Å². The highest BCUT2D eigenvalue weighted by molar-refractivity contribution is 9.10. The SMILES string of the molecule is CCC1(CC)NC(=O)N(CC(=O)NCC(C)(C)c2ccc(Br)cc2)C1=O. The number of halogens is 1. The molecule has 1 fully saturated rings. The Morgan fingerprint density at radius 3 is 2.27 bits per heavy atom. The van der Waals surface area contributed by atoms with Crippen LogP contribution in [0.3, 0.4) is 0 Å². The van der Waals surface area contributed by atoms with Gasteiger partial charge in [0.1, 0.15) is 12.1 Å². The molecule has 0 aromatic heterocycles. The van der Waals surface area contributed by atoms with Crippen LogP contribution in [0, 0.1) is 0 Å². The molecule has 0 spiro atoms. The summed E-state index contributed by atoms with van der Waals surface area (Å²) in [5, 5.41) is 5.57. The van der Waals surface area contributed by atoms with Gasteiger partial charge < -0.3 is 10.6 Å². The maximum absolute atomic E-state index is 12.5. The number of urea groups is 1. The summed E-state index contributed by atoms with van der Waals surface area (Å²) < 4.78 is 0.995. The van der Waals surface area contributed by atoms with Crippen molar-refractivity contribution in [2.24, 2.45) is 0 Å². The minimum atomic E-state index is -0.881. The third-order valence-corrected chi connectivity index (χ3v) is 5.64. The molecule has 1 aliphatic rings. The molecule has 0 aliphatic carbocycles. The molecule has 1 saturated heterocycles. The summed E-state index contributed by atoms with van der Waals surface area (Å²) in [6, 6.07) is 7.43. The molecule has 2 N–H and O–H groups in total. The monoisotopic (exact) mass is 423 g/mol. The van der Waals surface area contributed by atoms with E-state index in [1.165, 1.54) is 0 Å². The minimum absolute atomic E-state index is 0.261. The van der Waals surface area contributed by atoms with E-state index < -0.39 is 11.6 Å². The molecular formula is C19H26BrN3O3. The lowest BCUT2D eigenvalue weighted by molar-refractivity contribution is -0.135. The molecule has 1 aromatic rings. The number of nitrogens with one attached hydrogen (secondary N) is 2. The van der Waals surface area contributed by atoms with Crippen LogP contribution in [0.2, 0.25) is 0 Å². The number of nitrogens with zero attached hydrogens (tertiary/aromatic N) is 1. The van der Waals surface area contributed by atoms with Gasteiger partial charge in [0.05, 0.1) is 0 Å². The third-order valence-electron chi connectivity index (χ3n) is 5.11. The van der Waals surface area contributed by atoms with Crippen LogP contribution in [-0.4, -0.2) is 41.4 Å². The van der Waals surface area contributed by atoms with E-state index in [1.54, 1.807) is 0 Å². The van der Waals surface area contributed by atoms with Crippen LogP contribution in [0.5, 0.6) is 0 Å². The smallest absolute Gasteiger partial charge is 0.325 e. The van der Waals surface area contributed by atoms with Crippen molar-refractivity contribution in [1.29, 1.82) is 0 Å². The van der Waals surface area contributed by atoms with Crippen LogP contribution in [-0.2, 0) is 15.0 Å². The highest BCUT2D eigenvalue weighted by Gasteiger charge is 2.49. The number of carbonyl (C=O) groups excluding carboxylic acids is 3. The summed E-state index contributed by atoms with van der Waals surface area (Å²) in [4.78, 5) is 38.0. The molecule has 1 heterocycles. The van der Waals surface area contributed by atoms with Crippen molar-refractivity contribution in [2.75, 3.05) is 13.1 Å². The fourth-order valence-corrected chi connectivity index (χ4v) is 3.34. The van der Waals surface area contributed by atoms with Crippen molar-refractivity contribution < 1.29 is 14.4 Å². The molecule has 0 saturated carbocycles. The number of benzene rings is 1. The van der Waals surface area contributed by atoms with Crippen molar-refractivity contribution in [3.63, 3.8) is 0 Å². The quantitative estimate of drug-likeness (QED) is 0.661. The molecule has 1 aliphatic heterocycles. The predicted octanol–water partition coefficient (Wildman–Crippen LogP) is 2.95. The van der Waals surface area contributed by atoms with E-state index in [1.807, 2.05) is 52.0 Å². The Kier molecular flexibility index (Phi) is 6.11. The molecule has 6 nitrogen and oxygen atoms in total. The van der Waals surface area contributed by atoms with E-state index >= 15 is 0 Å². The van der Waals surface area contributed by atoms with E-state index in [4.69, 9.17) is 0 Å². The predicted molar refractivity (Wildman–Crippen MR) is 104 cm³/mol. The Labute approximate surface area is 162 Å². The summed E-state index contributed by atoms with van der Waals surface area (Å²) in [7, 11) is 0. The molecular weight excluding hydrogens is 398 g/mol. The molecule has 26 heavy (non-hydrogen) atoms. The van der Waals surface area contributed by atoms with E-state index in [0.29, 0.717) is 19.4 Å². The fraction of sp³-hybridized carbons (Fsp3) is 0.526. The molecule has 0 bridgehead atoms. The third kappa shape index (κ3) is 4.09. The highest BCUT2D eigenvalue weighted by atomic mass is 79.9. The maximum Gasteiger partial charge on any atom is 0.325 e. The molecule has 7 heteroatoms. The second-order valence-electron chi connectivity index (χ2n) is 7.28. The lowest BCUT2D eigenvalue weighted by atomic mass is 9.84. The van der Waals surface area contributed by atoms with Crippen LogP contribution in [0.4, 0.5) is 4.79 Å². The second-order valence-corrected chi connectivity index (χ2v) is 8.19. The normalized spacial score (nSPS) is 16.6. The van der Waals surface area contributed by atoms with E-state index in [-0.39, 0.29) is 23.8 Å². The Hall–Kier alpha value is -1.89. The van der Waals surface area contributed by atoms with Crippen molar-refractivity contribution in [3.05, 3.63) is 34.3 Å². The number of amides is 4. The minimum Gasteiger partial charge on any atom is -0.354 e. The Bertz CT molecular complexity index is 696. The van der Waals surface area contributed by atoms with Gasteiger partial charge in [-0.15, -0.1) is 0 Å². The highest BCUT2D eigenvalue weighted by Crippen LogP contribution is 2.25. The zero-order valence-corrected chi connectivity index (χ0v) is 17.3. The summed E-state index contributed by atoms with van der Waals surface area (Å²) >= 11 is 3.41. The maximum atomic E-state index is 12.5. The average molecular weight is 424 g/mol. The molecule has 0 atom stereocenters. The Morgan fingerprint density at radius 2 is 1.77 bits per heavy atom. The molecule has 0 unspecified atom stereocenters. The van der Waals surface area contributed by atoms with Gasteiger partial charge in [-0.25, -0.2) is 4.79 Å². The van der Waals surface area contributed by atoms with E-state index in [0.717, 1.165) is 14.9 Å². The average Bonchev–Trinajstić information content (AvgIpc) is 2.85. The number of hydrogen-bond acceptors (Lipinski definition) is 3. The Balaban J connectivity index is 1.97. The summed E-state index contributed by atoms with van der Waals surface area (Å²) in [6.07, 6.45) is 1.01. The van der Waals surface area contributed by atoms with E-state index in [2.05, 4.69) is 26.6 Å². The topological polar surface area (TPSA) is 78.5 Å². The van der Waals surface area contributed by atoms with E-state index in [9.17, 15) is 14.4 Å². The molecule has 142 valence electrons. The standard InChI is InChI=1S/C19H26BrN3O3/c1-5-19(6-2)16(25)23(17(26)22-19)11-15(24)21-12-18(3,4)13-7-9-14(20)10-8-13/h7-10H,5-6,11-12H2,1-4H3,(H,21,24)(H,22,26). The number of carbonyl (C=O) groups is 3. The van der Waals surface area contributed by atoms with Gasteiger partial charge >= 0.3 is 6.03 Å². The molecule has 4 amide bonds. The number of imide groups is 1. The van der Waals surface area contributed by atoms with Crippen LogP contribution < -0.4 is 10.6 Å². The first kappa shape index (κ1) is 20.4. The first-order valence-electron chi connectivity index (χ1n) is 8.82. The van der Waals surface area contributed by atoms with Gasteiger partial charge in [0, 0.05) is 16.4 Å². The second kappa shape index (κ2) is 7.78. The van der Waals surface area contributed by atoms with Crippen molar-refractivity contribution >= 4 is 33.8 Å². The fourth-order valence-electron chi connectivity index (χ4n) is 3.07. The summed E-state index contributed by atoms with van der Waals surface area (Å²) in [5.74, 6) is -0.670. The van der Waals surface area contributed by atoms with Gasteiger partial charge in [-0.05, 0) is 30.5 Å². The first-order chi connectivity index (χ1) is 12.1. The zero-order chi connectivity index (χ0) is 19.5. The van der Waals surface area contributed by atoms with Crippen molar-refractivity contribution in [3.8, 4) is 0 Å². The van der Waals surface area contributed by atoms with Crippen molar-refractivity contribution in [1.82, 2.24) is 15.5 Å². The van der Waals surface area contributed by atoms with Crippen LogP contribution >= 0.6 is 15.9 Å². The summed E-state index contributed by atoms with van der Waals surface area (Å²) in [5.41, 5.74) is -0.0647. The van der Waals surface area contributed by atoms with Crippen LogP contribution in [0.15, 0.2) is 28.7 Å². The number of hydrogen-bond donors (Lipinski definition) is 2. The molecule has 1 aromatic carbocycles. The van der Waals surface area contributed by atoms with Gasteiger partial charge in [-0.1, -0.05) is 55.8 Å². The number of rotatable bonds is 7. The van der Waals surface area contributed by atoms with Gasteiger partial charge in [0.2, 0.25) is 5.91 Å².